The van der Waals surface area contributed by atoms with Crippen molar-refractivity contribution in [2.45, 2.75) is 65.5 Å². The van der Waals surface area contributed by atoms with Gasteiger partial charge in [-0.2, -0.15) is 0 Å². The van der Waals surface area contributed by atoms with Crippen LogP contribution >= 0.6 is 0 Å². The third kappa shape index (κ3) is 7.27. The van der Waals surface area contributed by atoms with Crippen LogP contribution < -0.4 is 5.32 Å². The molecule has 1 aromatic heterocycles. The van der Waals surface area contributed by atoms with Gasteiger partial charge >= 0.3 is 0 Å². The highest BCUT2D eigenvalue weighted by Crippen LogP contribution is 2.21. The molecule has 2 unspecified atom stereocenters. The lowest BCUT2D eigenvalue weighted by Gasteiger charge is -2.23. The molecule has 2 N–H and O–H groups in total. The minimum absolute atomic E-state index is 0.0184. The molecule has 1 heterocycles. The van der Waals surface area contributed by atoms with Crippen molar-refractivity contribution in [1.29, 1.82) is 0 Å². The lowest BCUT2D eigenvalue weighted by molar-refractivity contribution is -0.122. The van der Waals surface area contributed by atoms with E-state index in [2.05, 4.69) is 38.0 Å². The first kappa shape index (κ1) is 17.7. The average molecular weight is 295 g/mol. The summed E-state index contributed by atoms with van der Waals surface area (Å²) in [5.41, 5.74) is 0.0612. The molecule has 0 saturated heterocycles. The van der Waals surface area contributed by atoms with E-state index in [9.17, 15) is 9.90 Å². The predicted molar refractivity (Wildman–Crippen MR) is 83.9 cm³/mol. The first-order valence-electron chi connectivity index (χ1n) is 7.74. The first-order valence-corrected chi connectivity index (χ1v) is 7.74. The van der Waals surface area contributed by atoms with Crippen LogP contribution in [0, 0.1) is 5.41 Å². The van der Waals surface area contributed by atoms with Gasteiger partial charge in [0.15, 0.2) is 0 Å². The minimum Gasteiger partial charge on any atom is -0.391 e. The third-order valence-corrected chi connectivity index (χ3v) is 3.37. The van der Waals surface area contributed by atoms with Crippen LogP contribution in [0.5, 0.6) is 0 Å². The van der Waals surface area contributed by atoms with Gasteiger partial charge in [0.25, 0.3) is 0 Å². The molecule has 2 atom stereocenters. The van der Waals surface area contributed by atoms with Gasteiger partial charge in [0, 0.05) is 31.4 Å². The molecule has 5 nitrogen and oxygen atoms in total. The van der Waals surface area contributed by atoms with Gasteiger partial charge in [0.2, 0.25) is 5.91 Å². The highest BCUT2D eigenvalue weighted by Gasteiger charge is 2.19. The Morgan fingerprint density at radius 2 is 2.14 bits per heavy atom. The van der Waals surface area contributed by atoms with E-state index in [4.69, 9.17) is 0 Å². The lowest BCUT2D eigenvalue weighted by Crippen LogP contribution is -2.35. The Labute approximate surface area is 127 Å². The Bertz CT molecular complexity index is 410. The zero-order chi connectivity index (χ0) is 15.9. The van der Waals surface area contributed by atoms with E-state index in [0.29, 0.717) is 19.4 Å². The maximum atomic E-state index is 12.0. The molecule has 0 aliphatic carbocycles. The van der Waals surface area contributed by atoms with E-state index in [1.165, 1.54) is 0 Å². The van der Waals surface area contributed by atoms with E-state index in [1.807, 2.05) is 10.8 Å². The highest BCUT2D eigenvalue weighted by molar-refractivity contribution is 5.76. The maximum Gasteiger partial charge on any atom is 0.222 e. The second-order valence-electron chi connectivity index (χ2n) is 6.88. The quantitative estimate of drug-likeness (QED) is 0.774. The third-order valence-electron chi connectivity index (χ3n) is 3.37. The molecule has 0 fully saturated rings. The number of rotatable bonds is 8. The van der Waals surface area contributed by atoms with Crippen LogP contribution in [0.3, 0.4) is 0 Å². The molecule has 0 saturated carbocycles. The van der Waals surface area contributed by atoms with Gasteiger partial charge in [-0.25, -0.2) is 4.98 Å². The fourth-order valence-corrected chi connectivity index (χ4v) is 2.47. The summed E-state index contributed by atoms with van der Waals surface area (Å²) in [5, 5.41) is 12.8. The summed E-state index contributed by atoms with van der Waals surface area (Å²) in [6, 6.07) is 0.136. The monoisotopic (exact) mass is 295 g/mol. The number of carbonyl (C=O) groups excluding carboxylic acids is 1. The van der Waals surface area contributed by atoms with Crippen molar-refractivity contribution < 1.29 is 9.90 Å². The largest absolute Gasteiger partial charge is 0.391 e. The Morgan fingerprint density at radius 1 is 1.43 bits per heavy atom. The molecule has 0 aliphatic rings. The van der Waals surface area contributed by atoms with E-state index >= 15 is 0 Å². The molecule has 5 heteroatoms. The standard InChI is InChI=1S/C16H29N3O2/c1-5-6-13(19-8-7-17-12-19)9-15(21)18-11-14(20)10-16(2,3)4/h7-8,12-14,20H,5-6,9-11H2,1-4H3,(H,18,21). The summed E-state index contributed by atoms with van der Waals surface area (Å²) < 4.78 is 1.98. The van der Waals surface area contributed by atoms with Crippen molar-refractivity contribution in [2.24, 2.45) is 5.41 Å². The number of aromatic nitrogens is 2. The molecular formula is C16H29N3O2. The smallest absolute Gasteiger partial charge is 0.222 e. The number of aliphatic hydroxyl groups excluding tert-OH is 1. The molecule has 120 valence electrons. The number of nitrogens with one attached hydrogen (secondary N) is 1. The Balaban J connectivity index is 2.41. The van der Waals surface area contributed by atoms with Crippen LogP contribution in [-0.4, -0.2) is 33.2 Å². The van der Waals surface area contributed by atoms with Gasteiger partial charge in [0.05, 0.1) is 12.4 Å². The fraction of sp³-hybridized carbons (Fsp3) is 0.750. The number of amides is 1. The number of nitrogens with zero attached hydrogens (tertiary/aromatic N) is 2. The van der Waals surface area contributed by atoms with Gasteiger partial charge in [-0.05, 0) is 18.3 Å². The fourth-order valence-electron chi connectivity index (χ4n) is 2.47. The maximum absolute atomic E-state index is 12.0. The van der Waals surface area contributed by atoms with Crippen LogP contribution in [-0.2, 0) is 4.79 Å². The van der Waals surface area contributed by atoms with Crippen molar-refractivity contribution in [3.63, 3.8) is 0 Å². The summed E-state index contributed by atoms with van der Waals surface area (Å²) in [4.78, 5) is 16.1. The second-order valence-corrected chi connectivity index (χ2v) is 6.88. The van der Waals surface area contributed by atoms with Gasteiger partial charge in [0.1, 0.15) is 0 Å². The zero-order valence-electron chi connectivity index (χ0n) is 13.7. The predicted octanol–water partition coefficient (Wildman–Crippen LogP) is 2.53. The molecule has 1 amide bonds. The van der Waals surface area contributed by atoms with E-state index < -0.39 is 6.10 Å². The summed E-state index contributed by atoms with van der Waals surface area (Å²) in [5.74, 6) is -0.0184. The molecule has 0 bridgehead atoms. The summed E-state index contributed by atoms with van der Waals surface area (Å²) >= 11 is 0. The average Bonchev–Trinajstić information content (AvgIpc) is 2.87. The van der Waals surface area contributed by atoms with Gasteiger partial charge in [-0.15, -0.1) is 0 Å². The normalized spacial score (nSPS) is 14.7. The van der Waals surface area contributed by atoms with Crippen LogP contribution in [0.1, 0.15) is 59.4 Å². The van der Waals surface area contributed by atoms with Crippen molar-refractivity contribution >= 4 is 5.91 Å². The van der Waals surface area contributed by atoms with Crippen molar-refractivity contribution in [1.82, 2.24) is 14.9 Å². The lowest BCUT2D eigenvalue weighted by atomic mass is 9.89. The Morgan fingerprint density at radius 3 is 2.67 bits per heavy atom. The molecule has 0 radical (unpaired) electrons. The van der Waals surface area contributed by atoms with Gasteiger partial charge in [-0.1, -0.05) is 34.1 Å². The molecule has 1 aromatic rings. The molecule has 1 rings (SSSR count). The molecular weight excluding hydrogens is 266 g/mol. The number of imidazole rings is 1. The van der Waals surface area contributed by atoms with Gasteiger partial charge < -0.3 is 15.0 Å². The van der Waals surface area contributed by atoms with Crippen LogP contribution in [0.2, 0.25) is 0 Å². The first-order chi connectivity index (χ1) is 9.81. The molecule has 0 spiro atoms. The number of hydrogen-bond donors (Lipinski definition) is 2. The second kappa shape index (κ2) is 8.17. The number of hydrogen-bond acceptors (Lipinski definition) is 3. The SMILES string of the molecule is CCCC(CC(=O)NCC(O)CC(C)(C)C)n1ccnc1. The van der Waals surface area contributed by atoms with Crippen LogP contribution in [0.15, 0.2) is 18.7 Å². The molecule has 0 aliphatic heterocycles. The highest BCUT2D eigenvalue weighted by atomic mass is 16.3. The molecule has 0 aromatic carbocycles. The van der Waals surface area contributed by atoms with Gasteiger partial charge in [-0.3, -0.25) is 4.79 Å². The van der Waals surface area contributed by atoms with Crippen molar-refractivity contribution in [3.8, 4) is 0 Å². The summed E-state index contributed by atoms with van der Waals surface area (Å²) in [7, 11) is 0. The van der Waals surface area contributed by atoms with Crippen molar-refractivity contribution in [3.05, 3.63) is 18.7 Å². The Hall–Kier alpha value is -1.36. The number of carbonyl (C=O) groups is 1. The summed E-state index contributed by atoms with van der Waals surface area (Å²) in [6.07, 6.45) is 7.93. The van der Waals surface area contributed by atoms with E-state index in [1.54, 1.807) is 12.5 Å². The van der Waals surface area contributed by atoms with Crippen molar-refractivity contribution in [2.75, 3.05) is 6.54 Å². The van der Waals surface area contributed by atoms with E-state index in [-0.39, 0.29) is 17.4 Å². The minimum atomic E-state index is -0.494. The van der Waals surface area contributed by atoms with E-state index in [0.717, 1.165) is 12.8 Å². The zero-order valence-corrected chi connectivity index (χ0v) is 13.7. The summed E-state index contributed by atoms with van der Waals surface area (Å²) in [6.45, 7) is 8.66. The molecule has 21 heavy (non-hydrogen) atoms. The topological polar surface area (TPSA) is 67.2 Å². The number of aliphatic hydroxyl groups is 1. The van der Waals surface area contributed by atoms with Crippen LogP contribution in [0.25, 0.3) is 0 Å². The Kier molecular flexibility index (Phi) is 6.89. The van der Waals surface area contributed by atoms with Crippen LogP contribution in [0.4, 0.5) is 0 Å².